The van der Waals surface area contributed by atoms with Crippen molar-refractivity contribution in [3.8, 4) is 0 Å². The van der Waals surface area contributed by atoms with Crippen LogP contribution >= 0.6 is 0 Å². The molecule has 17 heavy (non-hydrogen) atoms. The van der Waals surface area contributed by atoms with Gasteiger partial charge in [-0.1, -0.05) is 0 Å². The predicted molar refractivity (Wildman–Crippen MR) is 68.0 cm³/mol. The Balaban J connectivity index is 1.93. The molecule has 0 saturated carbocycles. The van der Waals surface area contributed by atoms with Crippen LogP contribution in [0.4, 0.5) is 0 Å². The molecule has 2 atom stereocenters. The largest absolute Gasteiger partial charge is 0.381 e. The Morgan fingerprint density at radius 2 is 2.00 bits per heavy atom. The van der Waals surface area contributed by atoms with E-state index in [1.54, 1.807) is 0 Å². The molecule has 100 valence electrons. The van der Waals surface area contributed by atoms with E-state index in [1.807, 2.05) is 0 Å². The summed E-state index contributed by atoms with van der Waals surface area (Å²) in [6.45, 7) is 6.64. The third kappa shape index (κ3) is 2.99. The van der Waals surface area contributed by atoms with Gasteiger partial charge in [0, 0.05) is 32.4 Å². The van der Waals surface area contributed by atoms with Gasteiger partial charge in [-0.25, -0.2) is 0 Å². The van der Waals surface area contributed by atoms with Crippen molar-refractivity contribution in [2.45, 2.75) is 38.3 Å². The first kappa shape index (κ1) is 13.3. The third-order valence-electron chi connectivity index (χ3n) is 4.47. The van der Waals surface area contributed by atoms with Gasteiger partial charge in [-0.05, 0) is 45.2 Å². The Morgan fingerprint density at radius 3 is 2.53 bits per heavy atom. The summed E-state index contributed by atoms with van der Waals surface area (Å²) in [5.41, 5.74) is 6.27. The van der Waals surface area contributed by atoms with Crippen molar-refractivity contribution in [3.63, 3.8) is 0 Å². The summed E-state index contributed by atoms with van der Waals surface area (Å²) in [4.78, 5) is 2.45. The molecule has 2 aliphatic rings. The van der Waals surface area contributed by atoms with E-state index >= 15 is 0 Å². The van der Waals surface area contributed by atoms with Gasteiger partial charge in [-0.2, -0.15) is 0 Å². The average Bonchev–Trinajstić information content (AvgIpc) is 2.77. The summed E-state index contributed by atoms with van der Waals surface area (Å²) in [7, 11) is 2.21. The molecule has 2 rings (SSSR count). The maximum Gasteiger partial charge on any atom is 0.0702 e. The van der Waals surface area contributed by atoms with Gasteiger partial charge in [-0.3, -0.25) is 0 Å². The molecule has 0 aliphatic carbocycles. The number of likely N-dealkylation sites (N-methyl/N-ethyl adjacent to an activating group) is 1. The fourth-order valence-corrected chi connectivity index (χ4v) is 3.18. The van der Waals surface area contributed by atoms with E-state index in [0.717, 1.165) is 52.2 Å². The number of ether oxygens (including phenoxy) is 2. The number of hydrogen-bond donors (Lipinski definition) is 1. The first-order valence-electron chi connectivity index (χ1n) is 6.76. The Bertz CT molecular complexity index is 242. The van der Waals surface area contributed by atoms with Gasteiger partial charge in [0.2, 0.25) is 0 Å². The van der Waals surface area contributed by atoms with Crippen LogP contribution in [-0.4, -0.2) is 57.0 Å². The van der Waals surface area contributed by atoms with Crippen LogP contribution in [0.2, 0.25) is 0 Å². The van der Waals surface area contributed by atoms with Gasteiger partial charge in [0.15, 0.2) is 0 Å². The number of hydrogen-bond acceptors (Lipinski definition) is 4. The summed E-state index contributed by atoms with van der Waals surface area (Å²) in [5.74, 6) is 0. The van der Waals surface area contributed by atoms with E-state index in [0.29, 0.717) is 12.1 Å². The van der Waals surface area contributed by atoms with Crippen molar-refractivity contribution >= 4 is 0 Å². The molecule has 4 heteroatoms. The van der Waals surface area contributed by atoms with E-state index in [9.17, 15) is 0 Å². The zero-order valence-electron chi connectivity index (χ0n) is 11.2. The fourth-order valence-electron chi connectivity index (χ4n) is 3.18. The SMILES string of the molecule is CC1OCCC1N(C)CC1(CN)CCOCC1. The highest BCUT2D eigenvalue weighted by Gasteiger charge is 2.36. The van der Waals surface area contributed by atoms with Crippen molar-refractivity contribution in [2.24, 2.45) is 11.1 Å². The lowest BCUT2D eigenvalue weighted by Gasteiger charge is -2.41. The monoisotopic (exact) mass is 242 g/mol. The standard InChI is InChI=1S/C13H26N2O2/c1-11-12(3-6-17-11)15(2)10-13(9-14)4-7-16-8-5-13/h11-12H,3-10,14H2,1-2H3. The smallest absolute Gasteiger partial charge is 0.0702 e. The fraction of sp³-hybridized carbons (Fsp3) is 1.00. The van der Waals surface area contributed by atoms with Crippen LogP contribution in [-0.2, 0) is 9.47 Å². The summed E-state index contributed by atoms with van der Waals surface area (Å²) in [6.07, 6.45) is 3.69. The number of nitrogens with zero attached hydrogens (tertiary/aromatic N) is 1. The van der Waals surface area contributed by atoms with E-state index in [1.165, 1.54) is 0 Å². The quantitative estimate of drug-likeness (QED) is 0.794. The van der Waals surface area contributed by atoms with Crippen LogP contribution < -0.4 is 5.73 Å². The molecule has 0 radical (unpaired) electrons. The van der Waals surface area contributed by atoms with Crippen molar-refractivity contribution in [3.05, 3.63) is 0 Å². The molecule has 0 bridgehead atoms. The van der Waals surface area contributed by atoms with Gasteiger partial charge in [-0.15, -0.1) is 0 Å². The van der Waals surface area contributed by atoms with Crippen molar-refractivity contribution < 1.29 is 9.47 Å². The maximum absolute atomic E-state index is 6.01. The van der Waals surface area contributed by atoms with Crippen LogP contribution in [0.25, 0.3) is 0 Å². The van der Waals surface area contributed by atoms with Gasteiger partial charge < -0.3 is 20.1 Å². The molecule has 2 aliphatic heterocycles. The molecule has 0 aromatic rings. The lowest BCUT2D eigenvalue weighted by Crippen LogP contribution is -2.49. The first-order valence-corrected chi connectivity index (χ1v) is 6.76. The highest BCUT2D eigenvalue weighted by molar-refractivity contribution is 4.89. The average molecular weight is 242 g/mol. The molecule has 2 N–H and O–H groups in total. The van der Waals surface area contributed by atoms with Gasteiger partial charge in [0.25, 0.3) is 0 Å². The summed E-state index contributed by atoms with van der Waals surface area (Å²) in [5, 5.41) is 0. The molecule has 4 nitrogen and oxygen atoms in total. The van der Waals surface area contributed by atoms with Gasteiger partial charge in [0.1, 0.15) is 0 Å². The third-order valence-corrected chi connectivity index (χ3v) is 4.47. The minimum absolute atomic E-state index is 0.259. The van der Waals surface area contributed by atoms with Crippen LogP contribution in [0.15, 0.2) is 0 Å². The molecule has 0 aromatic carbocycles. The van der Waals surface area contributed by atoms with Crippen molar-refractivity contribution in [1.29, 1.82) is 0 Å². The zero-order chi connectivity index (χ0) is 12.3. The lowest BCUT2D eigenvalue weighted by molar-refractivity contribution is -0.00874. The molecule has 0 aromatic heterocycles. The van der Waals surface area contributed by atoms with E-state index in [2.05, 4.69) is 18.9 Å². The lowest BCUT2D eigenvalue weighted by atomic mass is 9.79. The Hall–Kier alpha value is -0.160. The number of nitrogens with two attached hydrogens (primary N) is 1. The van der Waals surface area contributed by atoms with E-state index in [-0.39, 0.29) is 5.41 Å². The number of rotatable bonds is 4. The molecule has 0 spiro atoms. The minimum atomic E-state index is 0.259. The summed E-state index contributed by atoms with van der Waals surface area (Å²) in [6, 6.07) is 0.557. The van der Waals surface area contributed by atoms with Crippen LogP contribution in [0.3, 0.4) is 0 Å². The highest BCUT2D eigenvalue weighted by atomic mass is 16.5. The summed E-state index contributed by atoms with van der Waals surface area (Å²) >= 11 is 0. The van der Waals surface area contributed by atoms with Gasteiger partial charge in [0.05, 0.1) is 6.10 Å². The van der Waals surface area contributed by atoms with E-state index < -0.39 is 0 Å². The van der Waals surface area contributed by atoms with Gasteiger partial charge >= 0.3 is 0 Å². The molecule has 2 saturated heterocycles. The van der Waals surface area contributed by atoms with Crippen molar-refractivity contribution in [2.75, 3.05) is 40.0 Å². The van der Waals surface area contributed by atoms with Crippen LogP contribution in [0.1, 0.15) is 26.2 Å². The maximum atomic E-state index is 6.01. The topological polar surface area (TPSA) is 47.7 Å². The zero-order valence-corrected chi connectivity index (χ0v) is 11.2. The second kappa shape index (κ2) is 5.65. The minimum Gasteiger partial charge on any atom is -0.381 e. The normalized spacial score (nSPS) is 33.2. The molecule has 2 heterocycles. The molecule has 2 unspecified atom stereocenters. The molecule has 2 fully saturated rings. The Labute approximate surface area is 104 Å². The second-order valence-electron chi connectivity index (χ2n) is 5.66. The molecule has 0 amide bonds. The summed E-state index contributed by atoms with van der Waals surface area (Å²) < 4.78 is 11.1. The Kier molecular flexibility index (Phi) is 4.42. The van der Waals surface area contributed by atoms with Crippen LogP contribution in [0.5, 0.6) is 0 Å². The molecular formula is C13H26N2O2. The predicted octanol–water partition coefficient (Wildman–Crippen LogP) is 0.851. The first-order chi connectivity index (χ1) is 8.17. The van der Waals surface area contributed by atoms with Crippen LogP contribution in [0, 0.1) is 5.41 Å². The second-order valence-corrected chi connectivity index (χ2v) is 5.66. The van der Waals surface area contributed by atoms with Crippen molar-refractivity contribution in [1.82, 2.24) is 4.90 Å². The van der Waals surface area contributed by atoms with E-state index in [4.69, 9.17) is 15.2 Å². The highest BCUT2D eigenvalue weighted by Crippen LogP contribution is 2.32. The Morgan fingerprint density at radius 1 is 1.29 bits per heavy atom. The molecular weight excluding hydrogens is 216 g/mol.